The molecule has 0 aromatic rings. The molecule has 0 saturated carbocycles. The molecule has 3 nitrogen and oxygen atoms in total. The molecule has 0 spiro atoms. The second kappa shape index (κ2) is 12.9. The van der Waals surface area contributed by atoms with Gasteiger partial charge in [-0.05, 0) is 38.8 Å². The topological polar surface area (TPSA) is 30.5 Å². The molecule has 0 aromatic heterocycles. The molecule has 86 valence electrons. The molecule has 0 heterocycles. The molecule has 0 amide bonds. The number of hydrogen-bond donors (Lipinski definition) is 1. The van der Waals surface area contributed by atoms with Crippen LogP contribution in [-0.4, -0.2) is 40.0 Å². The Balaban J connectivity index is 2.78. The molecular formula is C11H25NO2. The molecule has 14 heavy (non-hydrogen) atoms. The Morgan fingerprint density at radius 3 is 2.43 bits per heavy atom. The molecule has 0 bridgehead atoms. The molecule has 3 heteroatoms. The molecule has 0 aliphatic heterocycles. The van der Waals surface area contributed by atoms with E-state index in [0.717, 1.165) is 45.8 Å². The summed E-state index contributed by atoms with van der Waals surface area (Å²) >= 11 is 0. The van der Waals surface area contributed by atoms with Crippen LogP contribution in [0, 0.1) is 0 Å². The van der Waals surface area contributed by atoms with Crippen molar-refractivity contribution in [1.82, 2.24) is 5.32 Å². The summed E-state index contributed by atoms with van der Waals surface area (Å²) in [6.07, 6.45) is 4.59. The van der Waals surface area contributed by atoms with Crippen molar-refractivity contribution in [3.8, 4) is 0 Å². The lowest BCUT2D eigenvalue weighted by Gasteiger charge is -2.04. The van der Waals surface area contributed by atoms with Crippen LogP contribution in [-0.2, 0) is 9.47 Å². The third kappa shape index (κ3) is 11.9. The van der Waals surface area contributed by atoms with Gasteiger partial charge in [0.25, 0.3) is 0 Å². The second-order valence-corrected chi connectivity index (χ2v) is 3.42. The SMILES string of the molecule is CCCNCCCCOCCCOC. The number of ether oxygens (including phenoxy) is 2. The molecule has 0 radical (unpaired) electrons. The number of hydrogen-bond acceptors (Lipinski definition) is 3. The van der Waals surface area contributed by atoms with Crippen LogP contribution in [0.15, 0.2) is 0 Å². The fraction of sp³-hybridized carbons (Fsp3) is 1.00. The maximum absolute atomic E-state index is 5.43. The monoisotopic (exact) mass is 203 g/mol. The third-order valence-corrected chi connectivity index (χ3v) is 1.96. The van der Waals surface area contributed by atoms with Gasteiger partial charge in [-0.3, -0.25) is 0 Å². The lowest BCUT2D eigenvalue weighted by molar-refractivity contribution is 0.100. The highest BCUT2D eigenvalue weighted by Crippen LogP contribution is 1.90. The third-order valence-electron chi connectivity index (χ3n) is 1.96. The van der Waals surface area contributed by atoms with Crippen molar-refractivity contribution >= 4 is 0 Å². The van der Waals surface area contributed by atoms with Crippen LogP contribution in [0.25, 0.3) is 0 Å². The van der Waals surface area contributed by atoms with Crippen LogP contribution < -0.4 is 5.32 Å². The maximum atomic E-state index is 5.43. The van der Waals surface area contributed by atoms with E-state index in [-0.39, 0.29) is 0 Å². The predicted octanol–water partition coefficient (Wildman–Crippen LogP) is 1.82. The number of methoxy groups -OCH3 is 1. The van der Waals surface area contributed by atoms with E-state index in [1.165, 1.54) is 12.8 Å². The molecule has 0 atom stereocenters. The molecule has 0 aliphatic rings. The zero-order valence-corrected chi connectivity index (χ0v) is 9.68. The van der Waals surface area contributed by atoms with Gasteiger partial charge in [0.1, 0.15) is 0 Å². The van der Waals surface area contributed by atoms with Gasteiger partial charge >= 0.3 is 0 Å². The predicted molar refractivity (Wildman–Crippen MR) is 59.7 cm³/mol. The van der Waals surface area contributed by atoms with Crippen LogP contribution in [0.5, 0.6) is 0 Å². The van der Waals surface area contributed by atoms with Gasteiger partial charge in [0.05, 0.1) is 0 Å². The fourth-order valence-electron chi connectivity index (χ4n) is 1.16. The molecule has 0 aliphatic carbocycles. The van der Waals surface area contributed by atoms with Gasteiger partial charge in [-0.15, -0.1) is 0 Å². The van der Waals surface area contributed by atoms with Gasteiger partial charge in [-0.25, -0.2) is 0 Å². The first-order valence-corrected chi connectivity index (χ1v) is 5.69. The van der Waals surface area contributed by atoms with E-state index in [1.54, 1.807) is 7.11 Å². The smallest absolute Gasteiger partial charge is 0.0487 e. The molecule has 0 saturated heterocycles. The molecule has 1 N–H and O–H groups in total. The highest BCUT2D eigenvalue weighted by molar-refractivity contribution is 4.46. The van der Waals surface area contributed by atoms with Crippen molar-refractivity contribution in [2.75, 3.05) is 40.0 Å². The van der Waals surface area contributed by atoms with E-state index in [1.807, 2.05) is 0 Å². The summed E-state index contributed by atoms with van der Waals surface area (Å²) in [6.45, 7) is 6.96. The Kier molecular flexibility index (Phi) is 12.8. The number of nitrogens with one attached hydrogen (secondary N) is 1. The van der Waals surface area contributed by atoms with E-state index in [9.17, 15) is 0 Å². The number of rotatable bonds is 11. The minimum absolute atomic E-state index is 0.804. The van der Waals surface area contributed by atoms with Gasteiger partial charge in [0, 0.05) is 26.9 Å². The molecular weight excluding hydrogens is 178 g/mol. The summed E-state index contributed by atoms with van der Waals surface area (Å²) in [5.41, 5.74) is 0. The standard InChI is InChI=1S/C11H25NO2/c1-3-7-12-8-4-5-10-14-11-6-9-13-2/h12H,3-11H2,1-2H3. The minimum atomic E-state index is 0.804. The summed E-state index contributed by atoms with van der Waals surface area (Å²) in [5.74, 6) is 0. The van der Waals surface area contributed by atoms with Gasteiger partial charge in [0.2, 0.25) is 0 Å². The average Bonchev–Trinajstić information content (AvgIpc) is 2.21. The van der Waals surface area contributed by atoms with E-state index in [0.29, 0.717) is 0 Å². The maximum Gasteiger partial charge on any atom is 0.0487 e. The lowest BCUT2D eigenvalue weighted by atomic mass is 10.3. The Bertz CT molecular complexity index is 87.3. The Morgan fingerprint density at radius 1 is 0.929 bits per heavy atom. The lowest BCUT2D eigenvalue weighted by Crippen LogP contribution is -2.16. The second-order valence-electron chi connectivity index (χ2n) is 3.42. The van der Waals surface area contributed by atoms with Crippen LogP contribution >= 0.6 is 0 Å². The fourth-order valence-corrected chi connectivity index (χ4v) is 1.16. The van der Waals surface area contributed by atoms with Crippen LogP contribution in [0.2, 0.25) is 0 Å². The van der Waals surface area contributed by atoms with Crippen molar-refractivity contribution < 1.29 is 9.47 Å². The van der Waals surface area contributed by atoms with E-state index in [4.69, 9.17) is 9.47 Å². The van der Waals surface area contributed by atoms with Crippen molar-refractivity contribution in [3.05, 3.63) is 0 Å². The summed E-state index contributed by atoms with van der Waals surface area (Å²) < 4.78 is 10.4. The van der Waals surface area contributed by atoms with Crippen molar-refractivity contribution in [1.29, 1.82) is 0 Å². The van der Waals surface area contributed by atoms with Gasteiger partial charge in [-0.2, -0.15) is 0 Å². The Morgan fingerprint density at radius 2 is 1.71 bits per heavy atom. The van der Waals surface area contributed by atoms with Gasteiger partial charge in [0.15, 0.2) is 0 Å². The van der Waals surface area contributed by atoms with Crippen molar-refractivity contribution in [2.24, 2.45) is 0 Å². The van der Waals surface area contributed by atoms with E-state index < -0.39 is 0 Å². The summed E-state index contributed by atoms with van der Waals surface area (Å²) in [7, 11) is 1.72. The van der Waals surface area contributed by atoms with Crippen molar-refractivity contribution in [2.45, 2.75) is 32.6 Å². The Labute approximate surface area is 88.2 Å². The van der Waals surface area contributed by atoms with E-state index >= 15 is 0 Å². The van der Waals surface area contributed by atoms with Crippen LogP contribution in [0.4, 0.5) is 0 Å². The summed E-state index contributed by atoms with van der Waals surface area (Å²) in [4.78, 5) is 0. The van der Waals surface area contributed by atoms with Gasteiger partial charge < -0.3 is 14.8 Å². The normalized spacial score (nSPS) is 10.7. The molecule has 0 aromatic carbocycles. The molecule has 0 fully saturated rings. The van der Waals surface area contributed by atoms with Gasteiger partial charge in [-0.1, -0.05) is 6.92 Å². The zero-order chi connectivity index (χ0) is 10.5. The first-order valence-electron chi connectivity index (χ1n) is 5.69. The van der Waals surface area contributed by atoms with Crippen LogP contribution in [0.3, 0.4) is 0 Å². The van der Waals surface area contributed by atoms with E-state index in [2.05, 4.69) is 12.2 Å². The molecule has 0 unspecified atom stereocenters. The highest BCUT2D eigenvalue weighted by atomic mass is 16.5. The van der Waals surface area contributed by atoms with Crippen LogP contribution in [0.1, 0.15) is 32.6 Å². The summed E-state index contributed by atoms with van der Waals surface area (Å²) in [6, 6.07) is 0. The largest absolute Gasteiger partial charge is 0.385 e. The first-order chi connectivity index (χ1) is 6.91. The quantitative estimate of drug-likeness (QED) is 0.520. The minimum Gasteiger partial charge on any atom is -0.385 e. The first kappa shape index (κ1) is 13.9. The average molecular weight is 203 g/mol. The zero-order valence-electron chi connectivity index (χ0n) is 9.68. The van der Waals surface area contributed by atoms with Crippen molar-refractivity contribution in [3.63, 3.8) is 0 Å². The summed E-state index contributed by atoms with van der Waals surface area (Å²) in [5, 5.41) is 3.37. The molecule has 0 rings (SSSR count). The Hall–Kier alpha value is -0.120. The highest BCUT2D eigenvalue weighted by Gasteiger charge is 1.90. The number of unbranched alkanes of at least 4 members (excludes halogenated alkanes) is 1.